The third-order valence-corrected chi connectivity index (χ3v) is 2.86. The van der Waals surface area contributed by atoms with Crippen LogP contribution in [0.2, 0.25) is 0 Å². The van der Waals surface area contributed by atoms with Gasteiger partial charge in [0.25, 0.3) is 0 Å². The molecule has 0 aromatic carbocycles. The van der Waals surface area contributed by atoms with Crippen LogP contribution in [-0.4, -0.2) is 37.1 Å². The van der Waals surface area contributed by atoms with Gasteiger partial charge in [-0.25, -0.2) is 0 Å². The molecule has 0 bridgehead atoms. The van der Waals surface area contributed by atoms with E-state index in [1.807, 2.05) is 0 Å². The maximum atomic E-state index is 3.49. The van der Waals surface area contributed by atoms with Crippen molar-refractivity contribution in [1.82, 2.24) is 10.2 Å². The summed E-state index contributed by atoms with van der Waals surface area (Å²) in [6.45, 7) is 14.1. The molecule has 1 N–H and O–H groups in total. The van der Waals surface area contributed by atoms with Crippen LogP contribution < -0.4 is 5.32 Å². The molecule has 1 fully saturated rings. The Labute approximate surface area is 82.7 Å². The number of nitrogens with one attached hydrogen (secondary N) is 1. The average Bonchev–Trinajstić information content (AvgIpc) is 2.04. The fraction of sp³-hybridized carbons (Fsp3) is 1.00. The van der Waals surface area contributed by atoms with Gasteiger partial charge in [0, 0.05) is 25.7 Å². The molecular weight excluding hydrogens is 160 g/mol. The second-order valence-corrected chi connectivity index (χ2v) is 5.12. The summed E-state index contributed by atoms with van der Waals surface area (Å²) in [5, 5.41) is 3.49. The molecule has 0 spiro atoms. The molecular formula is C11H24N2. The Morgan fingerprint density at radius 2 is 2.08 bits per heavy atom. The van der Waals surface area contributed by atoms with Crippen LogP contribution in [-0.2, 0) is 0 Å². The van der Waals surface area contributed by atoms with E-state index in [0.717, 1.165) is 13.1 Å². The van der Waals surface area contributed by atoms with Crippen molar-refractivity contribution in [2.75, 3.05) is 26.2 Å². The lowest BCUT2D eigenvalue weighted by Crippen LogP contribution is -2.56. The van der Waals surface area contributed by atoms with Gasteiger partial charge in [-0.15, -0.1) is 0 Å². The molecule has 0 aliphatic carbocycles. The minimum Gasteiger partial charge on any atom is -0.314 e. The van der Waals surface area contributed by atoms with Crippen molar-refractivity contribution in [1.29, 1.82) is 0 Å². The normalized spacial score (nSPS) is 26.3. The van der Waals surface area contributed by atoms with Crippen molar-refractivity contribution in [2.24, 2.45) is 5.41 Å². The molecule has 0 saturated carbocycles. The summed E-state index contributed by atoms with van der Waals surface area (Å²) in [6.07, 6.45) is 1.27. The van der Waals surface area contributed by atoms with Crippen LogP contribution in [0.4, 0.5) is 0 Å². The van der Waals surface area contributed by atoms with Gasteiger partial charge in [0.05, 0.1) is 0 Å². The molecule has 1 atom stereocenters. The van der Waals surface area contributed by atoms with Gasteiger partial charge in [0.1, 0.15) is 0 Å². The van der Waals surface area contributed by atoms with E-state index < -0.39 is 0 Å². The van der Waals surface area contributed by atoms with E-state index in [0.29, 0.717) is 11.5 Å². The van der Waals surface area contributed by atoms with Gasteiger partial charge in [-0.2, -0.15) is 0 Å². The number of rotatable bonds is 2. The van der Waals surface area contributed by atoms with Crippen LogP contribution in [0.3, 0.4) is 0 Å². The SMILES string of the molecule is CCCN1CCNC[C@H]1C(C)(C)C. The van der Waals surface area contributed by atoms with Gasteiger partial charge < -0.3 is 5.32 Å². The van der Waals surface area contributed by atoms with Gasteiger partial charge in [0.15, 0.2) is 0 Å². The summed E-state index contributed by atoms with van der Waals surface area (Å²) in [5.41, 5.74) is 0.405. The van der Waals surface area contributed by atoms with E-state index in [1.54, 1.807) is 0 Å². The largest absolute Gasteiger partial charge is 0.314 e. The highest BCUT2D eigenvalue weighted by atomic mass is 15.2. The number of piperazine rings is 1. The van der Waals surface area contributed by atoms with E-state index in [-0.39, 0.29) is 0 Å². The second-order valence-electron chi connectivity index (χ2n) is 5.12. The van der Waals surface area contributed by atoms with Gasteiger partial charge in [-0.05, 0) is 18.4 Å². The first-order valence-electron chi connectivity index (χ1n) is 5.50. The Morgan fingerprint density at radius 3 is 2.62 bits per heavy atom. The van der Waals surface area contributed by atoms with Crippen molar-refractivity contribution in [3.8, 4) is 0 Å². The van der Waals surface area contributed by atoms with Crippen LogP contribution in [0, 0.1) is 5.41 Å². The van der Waals surface area contributed by atoms with Crippen LogP contribution in [0.5, 0.6) is 0 Å². The molecule has 1 heterocycles. The van der Waals surface area contributed by atoms with Gasteiger partial charge in [-0.1, -0.05) is 27.7 Å². The molecule has 1 rings (SSSR count). The van der Waals surface area contributed by atoms with E-state index in [4.69, 9.17) is 0 Å². The highest BCUT2D eigenvalue weighted by Crippen LogP contribution is 2.25. The molecule has 1 saturated heterocycles. The predicted octanol–water partition coefficient (Wildman–Crippen LogP) is 1.72. The van der Waals surface area contributed by atoms with E-state index in [9.17, 15) is 0 Å². The van der Waals surface area contributed by atoms with Crippen LogP contribution >= 0.6 is 0 Å². The van der Waals surface area contributed by atoms with Crippen molar-refractivity contribution >= 4 is 0 Å². The Morgan fingerprint density at radius 1 is 1.38 bits per heavy atom. The Balaban J connectivity index is 2.56. The molecule has 2 heteroatoms. The van der Waals surface area contributed by atoms with Gasteiger partial charge >= 0.3 is 0 Å². The molecule has 13 heavy (non-hydrogen) atoms. The molecule has 1 aliphatic rings. The van der Waals surface area contributed by atoms with Crippen molar-refractivity contribution in [3.05, 3.63) is 0 Å². The predicted molar refractivity (Wildman–Crippen MR) is 58.0 cm³/mol. The van der Waals surface area contributed by atoms with Crippen LogP contribution in [0.15, 0.2) is 0 Å². The zero-order valence-electron chi connectivity index (χ0n) is 9.56. The minimum atomic E-state index is 0.405. The maximum Gasteiger partial charge on any atom is 0.0269 e. The first-order chi connectivity index (χ1) is 6.05. The highest BCUT2D eigenvalue weighted by Gasteiger charge is 2.31. The summed E-state index contributed by atoms with van der Waals surface area (Å²) in [7, 11) is 0. The maximum absolute atomic E-state index is 3.49. The molecule has 0 amide bonds. The second kappa shape index (κ2) is 4.43. The lowest BCUT2D eigenvalue weighted by Gasteiger charge is -2.43. The van der Waals surface area contributed by atoms with E-state index in [1.165, 1.54) is 19.5 Å². The fourth-order valence-corrected chi connectivity index (χ4v) is 2.16. The molecule has 0 radical (unpaired) electrons. The summed E-state index contributed by atoms with van der Waals surface area (Å²) in [5.74, 6) is 0. The quantitative estimate of drug-likeness (QED) is 0.703. The standard InChI is InChI=1S/C11H24N2/c1-5-7-13-8-6-12-9-10(13)11(2,3)4/h10,12H,5-9H2,1-4H3/t10-/m0/s1. The topological polar surface area (TPSA) is 15.3 Å². The monoisotopic (exact) mass is 184 g/mol. The fourth-order valence-electron chi connectivity index (χ4n) is 2.16. The third-order valence-electron chi connectivity index (χ3n) is 2.86. The van der Waals surface area contributed by atoms with Crippen molar-refractivity contribution in [2.45, 2.75) is 40.2 Å². The molecule has 1 aliphatic heterocycles. The van der Waals surface area contributed by atoms with E-state index >= 15 is 0 Å². The van der Waals surface area contributed by atoms with E-state index in [2.05, 4.69) is 37.9 Å². The molecule has 0 aromatic heterocycles. The third kappa shape index (κ3) is 2.96. The molecule has 0 aromatic rings. The smallest absolute Gasteiger partial charge is 0.0269 e. The van der Waals surface area contributed by atoms with Crippen molar-refractivity contribution in [3.63, 3.8) is 0 Å². The Bertz CT molecular complexity index is 147. The summed E-state index contributed by atoms with van der Waals surface area (Å²) >= 11 is 0. The summed E-state index contributed by atoms with van der Waals surface area (Å²) in [4.78, 5) is 2.64. The molecule has 78 valence electrons. The zero-order chi connectivity index (χ0) is 9.90. The van der Waals surface area contributed by atoms with Gasteiger partial charge in [0.2, 0.25) is 0 Å². The zero-order valence-corrected chi connectivity index (χ0v) is 9.56. The summed E-state index contributed by atoms with van der Waals surface area (Å²) in [6, 6.07) is 0.709. The Kier molecular flexibility index (Phi) is 3.74. The van der Waals surface area contributed by atoms with Crippen LogP contribution in [0.1, 0.15) is 34.1 Å². The Hall–Kier alpha value is -0.0800. The lowest BCUT2D eigenvalue weighted by atomic mass is 9.84. The first kappa shape index (κ1) is 11.0. The van der Waals surface area contributed by atoms with Crippen molar-refractivity contribution < 1.29 is 0 Å². The highest BCUT2D eigenvalue weighted by molar-refractivity contribution is 4.88. The lowest BCUT2D eigenvalue weighted by molar-refractivity contribution is 0.0757. The molecule has 0 unspecified atom stereocenters. The number of hydrogen-bond donors (Lipinski definition) is 1. The molecule has 2 nitrogen and oxygen atoms in total. The number of nitrogens with zero attached hydrogens (tertiary/aromatic N) is 1. The van der Waals surface area contributed by atoms with Crippen LogP contribution in [0.25, 0.3) is 0 Å². The minimum absolute atomic E-state index is 0.405. The first-order valence-corrected chi connectivity index (χ1v) is 5.50. The number of hydrogen-bond acceptors (Lipinski definition) is 2. The average molecular weight is 184 g/mol. The summed E-state index contributed by atoms with van der Waals surface area (Å²) < 4.78 is 0. The van der Waals surface area contributed by atoms with Gasteiger partial charge in [-0.3, -0.25) is 4.90 Å².